The van der Waals surface area contributed by atoms with E-state index < -0.39 is 17.9 Å². The smallest absolute Gasteiger partial charge is 0.356 e. The van der Waals surface area contributed by atoms with Crippen molar-refractivity contribution in [1.29, 1.82) is 0 Å². The predicted octanol–water partition coefficient (Wildman–Crippen LogP) is 6.01. The van der Waals surface area contributed by atoms with Gasteiger partial charge in [0.05, 0.1) is 23.4 Å². The maximum atomic E-state index is 12.4. The van der Waals surface area contributed by atoms with Gasteiger partial charge in [0.1, 0.15) is 18.1 Å². The third kappa shape index (κ3) is 6.20. The number of aromatic carboxylic acids is 2. The molecule has 4 aromatic rings. The zero-order chi connectivity index (χ0) is 30.6. The van der Waals surface area contributed by atoms with E-state index in [1.807, 2.05) is 57.2 Å². The Morgan fingerprint density at radius 3 is 2.29 bits per heavy atom. The number of carbonyl (C=O) groups excluding carboxylic acids is 1. The summed E-state index contributed by atoms with van der Waals surface area (Å²) in [4.78, 5) is 35.7. The molecule has 4 rings (SSSR count). The van der Waals surface area contributed by atoms with Crippen LogP contribution in [0.3, 0.4) is 0 Å². The number of esters is 1. The van der Waals surface area contributed by atoms with Gasteiger partial charge in [-0.15, -0.1) is 0 Å². The second kappa shape index (κ2) is 12.7. The van der Waals surface area contributed by atoms with Gasteiger partial charge in [-0.1, -0.05) is 31.2 Å². The Hall–Kier alpha value is -4.92. The molecule has 3 aromatic carbocycles. The minimum atomic E-state index is -1.18. The number of aromatic nitrogens is 2. The molecule has 2 N–H and O–H groups in total. The lowest BCUT2D eigenvalue weighted by Gasteiger charge is -2.17. The molecule has 0 radical (unpaired) electrons. The van der Waals surface area contributed by atoms with Crippen molar-refractivity contribution in [3.05, 3.63) is 105 Å². The van der Waals surface area contributed by atoms with Gasteiger partial charge in [-0.2, -0.15) is 5.10 Å². The number of hydrogen-bond acceptors (Lipinski definition) is 6. The summed E-state index contributed by atoms with van der Waals surface area (Å²) in [5.74, 6) is -2.07. The molecule has 0 saturated heterocycles. The van der Waals surface area contributed by atoms with Crippen molar-refractivity contribution in [3.8, 4) is 17.0 Å². The number of aryl methyl sites for hydroxylation is 3. The van der Waals surface area contributed by atoms with Crippen molar-refractivity contribution in [2.45, 2.75) is 47.1 Å². The summed E-state index contributed by atoms with van der Waals surface area (Å²) in [5.41, 5.74) is 6.95. The van der Waals surface area contributed by atoms with Crippen LogP contribution >= 0.6 is 0 Å². The maximum absolute atomic E-state index is 12.4. The first-order valence-corrected chi connectivity index (χ1v) is 13.7. The van der Waals surface area contributed by atoms with Gasteiger partial charge < -0.3 is 19.7 Å². The van der Waals surface area contributed by atoms with Gasteiger partial charge in [0, 0.05) is 18.2 Å². The van der Waals surface area contributed by atoms with Gasteiger partial charge in [0.2, 0.25) is 0 Å². The van der Waals surface area contributed by atoms with E-state index in [9.17, 15) is 24.6 Å². The second-order valence-electron chi connectivity index (χ2n) is 10.0. The first-order chi connectivity index (χ1) is 20.0. The van der Waals surface area contributed by atoms with Gasteiger partial charge in [-0.3, -0.25) is 4.68 Å². The van der Waals surface area contributed by atoms with E-state index in [0.717, 1.165) is 39.8 Å². The van der Waals surface area contributed by atoms with Crippen LogP contribution in [-0.2, 0) is 31.2 Å². The number of carboxylic acid groups (broad SMARTS) is 2. The lowest BCUT2D eigenvalue weighted by molar-refractivity contribution is 0.0511. The summed E-state index contributed by atoms with van der Waals surface area (Å²) in [6.45, 7) is 8.16. The molecule has 0 spiro atoms. The highest BCUT2D eigenvalue weighted by Crippen LogP contribution is 2.31. The average Bonchev–Trinajstić information content (AvgIpc) is 3.26. The van der Waals surface area contributed by atoms with Crippen LogP contribution in [0, 0.1) is 13.8 Å². The van der Waals surface area contributed by atoms with Gasteiger partial charge in [0.25, 0.3) is 0 Å². The molecular formula is C33H34N2O7. The quantitative estimate of drug-likeness (QED) is 0.210. The van der Waals surface area contributed by atoms with Crippen LogP contribution < -0.4 is 4.74 Å². The third-order valence-electron chi connectivity index (χ3n) is 7.29. The summed E-state index contributed by atoms with van der Waals surface area (Å²) in [7, 11) is 1.72. The zero-order valence-corrected chi connectivity index (χ0v) is 24.4. The fraction of sp³-hybridized carbons (Fsp3) is 0.273. The van der Waals surface area contributed by atoms with Crippen molar-refractivity contribution in [2.75, 3.05) is 6.61 Å². The van der Waals surface area contributed by atoms with Crippen LogP contribution in [0.5, 0.6) is 5.75 Å². The molecule has 0 aliphatic rings. The molecule has 9 nitrogen and oxygen atoms in total. The molecule has 0 fully saturated rings. The zero-order valence-electron chi connectivity index (χ0n) is 24.4. The van der Waals surface area contributed by atoms with Gasteiger partial charge in [-0.05, 0) is 91.8 Å². The number of benzene rings is 3. The van der Waals surface area contributed by atoms with E-state index in [2.05, 4.69) is 5.10 Å². The molecule has 0 atom stereocenters. The Labute approximate surface area is 244 Å². The lowest BCUT2D eigenvalue weighted by Crippen LogP contribution is -2.11. The van der Waals surface area contributed by atoms with Crippen molar-refractivity contribution in [1.82, 2.24) is 9.78 Å². The molecule has 0 aliphatic carbocycles. The summed E-state index contributed by atoms with van der Waals surface area (Å²) >= 11 is 0. The number of rotatable bonds is 11. The monoisotopic (exact) mass is 570 g/mol. The molecule has 0 amide bonds. The van der Waals surface area contributed by atoms with Gasteiger partial charge in [0.15, 0.2) is 0 Å². The van der Waals surface area contributed by atoms with Crippen LogP contribution in [0.25, 0.3) is 11.3 Å². The molecule has 9 heteroatoms. The number of carboxylic acids is 2. The normalized spacial score (nSPS) is 10.9. The third-order valence-corrected chi connectivity index (χ3v) is 7.29. The van der Waals surface area contributed by atoms with E-state index in [4.69, 9.17) is 9.47 Å². The van der Waals surface area contributed by atoms with E-state index in [1.54, 1.807) is 20.0 Å². The van der Waals surface area contributed by atoms with Crippen LogP contribution in [0.1, 0.15) is 78.4 Å². The van der Waals surface area contributed by atoms with Crippen molar-refractivity contribution < 1.29 is 34.1 Å². The molecule has 0 aliphatic heterocycles. The van der Waals surface area contributed by atoms with Crippen LogP contribution in [-0.4, -0.2) is 44.5 Å². The highest BCUT2D eigenvalue weighted by molar-refractivity contribution is 5.95. The summed E-state index contributed by atoms with van der Waals surface area (Å²) < 4.78 is 13.0. The summed E-state index contributed by atoms with van der Waals surface area (Å²) in [6.07, 6.45) is 1.07. The van der Waals surface area contributed by atoms with Gasteiger partial charge >= 0.3 is 17.9 Å². The van der Waals surface area contributed by atoms with Crippen LogP contribution in [0.2, 0.25) is 0 Å². The number of nitrogens with zero attached hydrogens (tertiary/aromatic N) is 2. The molecule has 0 bridgehead atoms. The van der Waals surface area contributed by atoms with Crippen molar-refractivity contribution >= 4 is 17.9 Å². The van der Waals surface area contributed by atoms with Crippen molar-refractivity contribution in [2.24, 2.45) is 7.05 Å². The highest BCUT2D eigenvalue weighted by atomic mass is 16.5. The molecule has 0 saturated carbocycles. The van der Waals surface area contributed by atoms with Crippen LogP contribution in [0.4, 0.5) is 0 Å². The number of hydrogen-bond donors (Lipinski definition) is 2. The van der Waals surface area contributed by atoms with Gasteiger partial charge in [-0.25, -0.2) is 14.4 Å². The Morgan fingerprint density at radius 1 is 0.905 bits per heavy atom. The SMILES string of the molecule is CCOC(=O)c1c(C)c(-c2ccc(OCc3c(CC)cccc3Cc3ccc(C(=O)O)cc3C(=O)O)c(C)c2)nn1C. The van der Waals surface area contributed by atoms with Crippen molar-refractivity contribution in [3.63, 3.8) is 0 Å². The molecule has 218 valence electrons. The fourth-order valence-electron chi connectivity index (χ4n) is 5.14. The largest absolute Gasteiger partial charge is 0.489 e. The molecule has 1 heterocycles. The molecule has 0 unspecified atom stereocenters. The Bertz CT molecular complexity index is 1670. The Morgan fingerprint density at radius 2 is 1.64 bits per heavy atom. The second-order valence-corrected chi connectivity index (χ2v) is 10.0. The first-order valence-electron chi connectivity index (χ1n) is 13.7. The lowest BCUT2D eigenvalue weighted by atomic mass is 9.92. The average molecular weight is 571 g/mol. The minimum Gasteiger partial charge on any atom is -0.489 e. The maximum Gasteiger partial charge on any atom is 0.356 e. The number of carbonyl (C=O) groups is 3. The molecular weight excluding hydrogens is 536 g/mol. The van der Waals surface area contributed by atoms with E-state index in [-0.39, 0.29) is 24.3 Å². The summed E-state index contributed by atoms with van der Waals surface area (Å²) in [5, 5.41) is 23.6. The van der Waals surface area contributed by atoms with E-state index in [0.29, 0.717) is 29.1 Å². The topological polar surface area (TPSA) is 128 Å². The fourth-order valence-corrected chi connectivity index (χ4v) is 5.14. The summed E-state index contributed by atoms with van der Waals surface area (Å²) in [6, 6.07) is 15.8. The number of ether oxygens (including phenoxy) is 2. The predicted molar refractivity (Wildman–Crippen MR) is 157 cm³/mol. The molecule has 42 heavy (non-hydrogen) atoms. The van der Waals surface area contributed by atoms with E-state index >= 15 is 0 Å². The van der Waals surface area contributed by atoms with Crippen LogP contribution in [0.15, 0.2) is 54.6 Å². The molecule has 1 aromatic heterocycles. The minimum absolute atomic E-state index is 0.0361. The standard InChI is InChI=1S/C33H34N2O7/c1-6-21-9-8-10-22(16-23-11-12-25(31(36)37)17-26(23)32(38)39)27(21)18-42-28-14-13-24(15-19(28)3)29-20(4)30(35(5)34-29)33(40)41-7-2/h8-15,17H,6-7,16,18H2,1-5H3,(H,36,37)(H,38,39). The highest BCUT2D eigenvalue weighted by Gasteiger charge is 2.22. The van der Waals surface area contributed by atoms with E-state index in [1.165, 1.54) is 16.8 Å². The Kier molecular flexibility index (Phi) is 9.10. The Balaban J connectivity index is 1.61. The first kappa shape index (κ1) is 30.0.